The van der Waals surface area contributed by atoms with Crippen LogP contribution in [0.1, 0.15) is 17.7 Å². The van der Waals surface area contributed by atoms with E-state index in [-0.39, 0.29) is 0 Å². The maximum absolute atomic E-state index is 6.16. The molecule has 7 aromatic carbocycles. The molecule has 0 radical (unpaired) electrons. The molecule has 3 nitrogen and oxygen atoms in total. The molecule has 1 aliphatic rings. The number of allylic oxidation sites excluding steroid dienone is 1. The zero-order chi connectivity index (χ0) is 33.5. The highest BCUT2D eigenvalue weighted by Crippen LogP contribution is 2.39. The Hall–Kier alpha value is -6.58. The van der Waals surface area contributed by atoms with E-state index in [0.717, 1.165) is 46.2 Å². The third-order valence-corrected chi connectivity index (χ3v) is 10.8. The number of hydrogen-bond acceptors (Lipinski definition) is 1. The highest BCUT2D eigenvalue weighted by atomic mass is 16.3. The molecule has 3 heterocycles. The van der Waals surface area contributed by atoms with Crippen LogP contribution >= 0.6 is 0 Å². The van der Waals surface area contributed by atoms with Gasteiger partial charge in [0.25, 0.3) is 0 Å². The van der Waals surface area contributed by atoms with E-state index in [9.17, 15) is 0 Å². The Balaban J connectivity index is 1.16. The minimum atomic E-state index is 0.913. The molecule has 0 N–H and O–H groups in total. The molecule has 0 saturated heterocycles. The van der Waals surface area contributed by atoms with Crippen molar-refractivity contribution in [2.75, 3.05) is 0 Å². The standard InChI is InChI=1S/C48H32N2O/c1-6-19-43-37(14-1)38-15-2-7-20-44(38)49(43)35-27-34(28-36(30-35)50-45-21-8-3-16-39(45)40-17-4-9-22-46(40)50)32-13-11-12-31(26-32)33-24-25-48-42(29-33)41-18-5-10-23-47(41)51-48/h1-3,5-16,18-30H,4,17H2. The van der Waals surface area contributed by atoms with Crippen molar-refractivity contribution in [3.8, 4) is 33.6 Å². The maximum Gasteiger partial charge on any atom is 0.135 e. The largest absolute Gasteiger partial charge is 0.456 e. The van der Waals surface area contributed by atoms with Crippen molar-refractivity contribution in [1.82, 2.24) is 9.13 Å². The first-order chi connectivity index (χ1) is 25.3. The second-order valence-electron chi connectivity index (χ2n) is 13.7. The van der Waals surface area contributed by atoms with Crippen LogP contribution in [0.5, 0.6) is 0 Å². The fraction of sp³-hybridized carbons (Fsp3) is 0.0417. The van der Waals surface area contributed by atoms with E-state index in [1.165, 1.54) is 66.2 Å². The van der Waals surface area contributed by atoms with Gasteiger partial charge >= 0.3 is 0 Å². The Morgan fingerprint density at radius 2 is 1.00 bits per heavy atom. The van der Waals surface area contributed by atoms with Crippen molar-refractivity contribution in [3.63, 3.8) is 0 Å². The first-order valence-corrected chi connectivity index (χ1v) is 17.7. The summed E-state index contributed by atoms with van der Waals surface area (Å²) in [5.74, 6) is 0. The molecule has 0 amide bonds. The van der Waals surface area contributed by atoms with Gasteiger partial charge in [0, 0.05) is 44.0 Å². The van der Waals surface area contributed by atoms with Crippen LogP contribution < -0.4 is 0 Å². The number of aryl methyl sites for hydroxylation is 1. The molecule has 51 heavy (non-hydrogen) atoms. The van der Waals surface area contributed by atoms with Gasteiger partial charge < -0.3 is 13.6 Å². The normalized spacial score (nSPS) is 12.9. The number of para-hydroxylation sites is 4. The predicted octanol–water partition coefficient (Wildman–Crippen LogP) is 12.9. The number of benzene rings is 7. The van der Waals surface area contributed by atoms with Crippen molar-refractivity contribution in [1.29, 1.82) is 0 Å². The molecular weight excluding hydrogens is 621 g/mol. The van der Waals surface area contributed by atoms with E-state index in [2.05, 4.69) is 167 Å². The van der Waals surface area contributed by atoms with E-state index >= 15 is 0 Å². The van der Waals surface area contributed by atoms with E-state index < -0.39 is 0 Å². The summed E-state index contributed by atoms with van der Waals surface area (Å²) in [7, 11) is 0. The highest BCUT2D eigenvalue weighted by Gasteiger charge is 2.21. The number of hydrogen-bond donors (Lipinski definition) is 0. The Bertz CT molecular complexity index is 2990. The lowest BCUT2D eigenvalue weighted by molar-refractivity contribution is 0.669. The van der Waals surface area contributed by atoms with Crippen LogP contribution in [0.3, 0.4) is 0 Å². The third-order valence-electron chi connectivity index (χ3n) is 10.8. The van der Waals surface area contributed by atoms with Crippen LogP contribution in [-0.2, 0) is 6.42 Å². The molecule has 0 spiro atoms. The lowest BCUT2D eigenvalue weighted by Crippen LogP contribution is -2.03. The summed E-state index contributed by atoms with van der Waals surface area (Å²) < 4.78 is 11.1. The van der Waals surface area contributed by atoms with E-state index in [0.29, 0.717) is 0 Å². The van der Waals surface area contributed by atoms with Crippen molar-refractivity contribution in [2.24, 2.45) is 0 Å². The van der Waals surface area contributed by atoms with Crippen LogP contribution in [0.15, 0.2) is 168 Å². The first-order valence-electron chi connectivity index (χ1n) is 17.7. The molecule has 0 fully saturated rings. The number of rotatable bonds is 4. The summed E-state index contributed by atoms with van der Waals surface area (Å²) in [5, 5.41) is 6.14. The average molecular weight is 653 g/mol. The fourth-order valence-electron chi connectivity index (χ4n) is 8.47. The van der Waals surface area contributed by atoms with Gasteiger partial charge in [0.05, 0.1) is 16.6 Å². The Kier molecular flexibility index (Phi) is 6.08. The van der Waals surface area contributed by atoms with Crippen molar-refractivity contribution in [3.05, 3.63) is 175 Å². The summed E-state index contributed by atoms with van der Waals surface area (Å²) in [4.78, 5) is 0. The van der Waals surface area contributed by atoms with Gasteiger partial charge in [-0.1, -0.05) is 103 Å². The van der Waals surface area contributed by atoms with Gasteiger partial charge in [-0.15, -0.1) is 0 Å². The minimum Gasteiger partial charge on any atom is -0.456 e. The second-order valence-corrected chi connectivity index (χ2v) is 13.7. The van der Waals surface area contributed by atoms with Gasteiger partial charge in [-0.25, -0.2) is 0 Å². The Morgan fingerprint density at radius 1 is 0.412 bits per heavy atom. The van der Waals surface area contributed by atoms with Gasteiger partial charge in [0.2, 0.25) is 0 Å². The van der Waals surface area contributed by atoms with Crippen molar-refractivity contribution in [2.45, 2.75) is 12.8 Å². The lowest BCUT2D eigenvalue weighted by atomic mass is 9.97. The highest BCUT2D eigenvalue weighted by molar-refractivity contribution is 6.09. The maximum atomic E-state index is 6.16. The predicted molar refractivity (Wildman–Crippen MR) is 213 cm³/mol. The molecule has 1 aliphatic carbocycles. The van der Waals surface area contributed by atoms with Crippen LogP contribution in [0.2, 0.25) is 0 Å². The van der Waals surface area contributed by atoms with Crippen LogP contribution in [-0.4, -0.2) is 9.13 Å². The van der Waals surface area contributed by atoms with Gasteiger partial charge in [0.1, 0.15) is 11.2 Å². The number of nitrogens with zero attached hydrogens (tertiary/aromatic N) is 2. The lowest BCUT2D eigenvalue weighted by Gasteiger charge is -2.17. The molecule has 0 aliphatic heterocycles. The zero-order valence-electron chi connectivity index (χ0n) is 27.9. The Morgan fingerprint density at radius 3 is 1.76 bits per heavy atom. The van der Waals surface area contributed by atoms with E-state index in [4.69, 9.17) is 4.42 Å². The zero-order valence-corrected chi connectivity index (χ0v) is 27.9. The summed E-state index contributed by atoms with van der Waals surface area (Å²) in [6.45, 7) is 0. The molecule has 3 aromatic heterocycles. The topological polar surface area (TPSA) is 23.0 Å². The summed E-state index contributed by atoms with van der Waals surface area (Å²) in [6.07, 6.45) is 6.76. The number of fused-ring (bicyclic) bond motifs is 9. The molecule has 11 rings (SSSR count). The molecular formula is C48H32N2O. The number of furan rings is 1. The van der Waals surface area contributed by atoms with Crippen LogP contribution in [0, 0.1) is 0 Å². The SMILES string of the molecule is C1=Cc2c(c3ccccc3n2-c2cc(-c3cccc(-c4ccc5oc6ccccc6c5c4)c3)cc(-n3c4ccccc4c4ccccc43)c2)CC1. The first kappa shape index (κ1) is 28.3. The van der Waals surface area contributed by atoms with Crippen molar-refractivity contribution < 1.29 is 4.42 Å². The molecule has 3 heteroatoms. The summed E-state index contributed by atoms with van der Waals surface area (Å²) in [5.41, 5.74) is 15.2. The van der Waals surface area contributed by atoms with Crippen LogP contribution in [0.25, 0.3) is 94.4 Å². The molecule has 10 aromatic rings. The average Bonchev–Trinajstić information content (AvgIpc) is 3.85. The molecule has 0 saturated carbocycles. The van der Waals surface area contributed by atoms with Crippen molar-refractivity contribution >= 4 is 60.7 Å². The summed E-state index contributed by atoms with van der Waals surface area (Å²) >= 11 is 0. The quantitative estimate of drug-likeness (QED) is 0.186. The second kappa shape index (κ2) is 11.0. The molecule has 0 atom stereocenters. The van der Waals surface area contributed by atoms with Crippen LogP contribution in [0.4, 0.5) is 0 Å². The van der Waals surface area contributed by atoms with Gasteiger partial charge in [-0.3, -0.25) is 0 Å². The van der Waals surface area contributed by atoms with E-state index in [1.54, 1.807) is 0 Å². The molecule has 0 unspecified atom stereocenters. The Labute approximate surface area is 294 Å². The minimum absolute atomic E-state index is 0.913. The van der Waals surface area contributed by atoms with E-state index in [1.807, 2.05) is 12.1 Å². The molecule has 240 valence electrons. The monoisotopic (exact) mass is 652 g/mol. The fourth-order valence-corrected chi connectivity index (χ4v) is 8.47. The van der Waals surface area contributed by atoms with Gasteiger partial charge in [-0.2, -0.15) is 0 Å². The third kappa shape index (κ3) is 4.31. The summed E-state index contributed by atoms with van der Waals surface area (Å²) in [6, 6.07) is 57.3. The van der Waals surface area contributed by atoms with Gasteiger partial charge in [-0.05, 0) is 107 Å². The number of aromatic nitrogens is 2. The smallest absolute Gasteiger partial charge is 0.135 e. The van der Waals surface area contributed by atoms with Gasteiger partial charge in [0.15, 0.2) is 0 Å². The molecule has 0 bridgehead atoms.